The molecule has 0 radical (unpaired) electrons. The van der Waals surface area contributed by atoms with Gasteiger partial charge in [0.15, 0.2) is 0 Å². The average Bonchev–Trinajstić information content (AvgIpc) is 2.71. The van der Waals surface area contributed by atoms with Gasteiger partial charge in [-0.3, -0.25) is 0 Å². The second-order valence-corrected chi connectivity index (χ2v) is 7.68. The van der Waals surface area contributed by atoms with Crippen LogP contribution in [0.3, 0.4) is 0 Å². The van der Waals surface area contributed by atoms with Crippen LogP contribution in [0.4, 0.5) is 0 Å². The molecule has 0 saturated carbocycles. The van der Waals surface area contributed by atoms with Crippen LogP contribution >= 0.6 is 11.8 Å². The van der Waals surface area contributed by atoms with Crippen molar-refractivity contribution in [2.45, 2.75) is 122 Å². The van der Waals surface area contributed by atoms with Gasteiger partial charge in [0.25, 0.3) is 0 Å². The summed E-state index contributed by atoms with van der Waals surface area (Å²) >= 11 is 1.96. The highest BCUT2D eigenvalue weighted by atomic mass is 32.2. The van der Waals surface area contributed by atoms with Crippen molar-refractivity contribution in [1.29, 1.82) is 0 Å². The molecule has 28 heavy (non-hydrogen) atoms. The number of nitrogens with zero attached hydrogens (tertiary/aromatic N) is 1. The van der Waals surface area contributed by atoms with Crippen molar-refractivity contribution >= 4 is 11.8 Å². The summed E-state index contributed by atoms with van der Waals surface area (Å²) in [5, 5.41) is 0. The summed E-state index contributed by atoms with van der Waals surface area (Å²) in [5.41, 5.74) is 0. The minimum absolute atomic E-state index is 0.844. The van der Waals surface area contributed by atoms with Crippen molar-refractivity contribution in [3.8, 4) is 0 Å². The lowest BCUT2D eigenvalue weighted by Crippen LogP contribution is -2.15. The molecule has 0 amide bonds. The van der Waals surface area contributed by atoms with Crippen LogP contribution in [0.1, 0.15) is 122 Å². The third-order valence-electron chi connectivity index (χ3n) is 3.10. The van der Waals surface area contributed by atoms with Crippen molar-refractivity contribution in [1.82, 2.24) is 4.90 Å². The molecule has 0 unspecified atom stereocenters. The molecule has 0 rings (SSSR count). The maximum Gasteiger partial charge on any atom is 0.0437 e. The number of thioether (sulfide) groups is 1. The summed E-state index contributed by atoms with van der Waals surface area (Å²) in [5.74, 6) is 2.52. The lowest BCUT2D eigenvalue weighted by Gasteiger charge is -2.07. The summed E-state index contributed by atoms with van der Waals surface area (Å²) in [7, 11) is 2.11. The van der Waals surface area contributed by atoms with Gasteiger partial charge in [-0.05, 0) is 45.5 Å². The molecule has 0 N–H and O–H groups in total. The molecular formula is C25H63NOS. The molecule has 0 heterocycles. The van der Waals surface area contributed by atoms with E-state index >= 15 is 0 Å². The zero-order valence-corrected chi connectivity index (χ0v) is 23.6. The third-order valence-corrected chi connectivity index (χ3v) is 3.92. The Morgan fingerprint density at radius 2 is 0.893 bits per heavy atom. The van der Waals surface area contributed by atoms with E-state index in [0.717, 1.165) is 26.3 Å². The minimum Gasteiger partial charge on any atom is -0.382 e. The summed E-state index contributed by atoms with van der Waals surface area (Å²) in [6.07, 6.45) is 7.97. The van der Waals surface area contributed by atoms with Crippen molar-refractivity contribution in [3.63, 3.8) is 0 Å². The highest BCUT2D eigenvalue weighted by Gasteiger charge is 1.81. The SMILES string of the molecule is CCC.CCCC.CCCCC.CCN(C)CC.CCOCC.CCSCC. The lowest BCUT2D eigenvalue weighted by atomic mass is 10.3. The monoisotopic (exact) mass is 425 g/mol. The molecule has 0 bridgehead atoms. The Hall–Kier alpha value is 0.270. The van der Waals surface area contributed by atoms with E-state index in [4.69, 9.17) is 4.74 Å². The predicted octanol–water partition coefficient (Wildman–Crippen LogP) is 9.18. The van der Waals surface area contributed by atoms with Crippen LogP contribution in [-0.2, 0) is 4.74 Å². The molecule has 0 aliphatic rings. The van der Waals surface area contributed by atoms with Crippen molar-refractivity contribution in [3.05, 3.63) is 0 Å². The van der Waals surface area contributed by atoms with Gasteiger partial charge in [0.1, 0.15) is 0 Å². The summed E-state index contributed by atoms with van der Waals surface area (Å²) in [4.78, 5) is 2.25. The van der Waals surface area contributed by atoms with Gasteiger partial charge in [0.05, 0.1) is 0 Å². The highest BCUT2D eigenvalue weighted by molar-refractivity contribution is 7.99. The van der Waals surface area contributed by atoms with E-state index in [1.54, 1.807) is 0 Å². The molecule has 0 aromatic rings. The normalized spacial score (nSPS) is 8.36. The molecule has 0 atom stereocenters. The first-order valence-electron chi connectivity index (χ1n) is 12.2. The number of rotatable bonds is 9. The Labute approximate surface area is 188 Å². The summed E-state index contributed by atoms with van der Waals surface area (Å²) in [6.45, 7) is 29.7. The third kappa shape index (κ3) is 132. The molecule has 3 heteroatoms. The Morgan fingerprint density at radius 1 is 0.571 bits per heavy atom. The molecule has 2 nitrogen and oxygen atoms in total. The molecule has 0 aromatic carbocycles. The molecule has 0 aliphatic carbocycles. The first-order valence-corrected chi connectivity index (χ1v) is 13.4. The van der Waals surface area contributed by atoms with Gasteiger partial charge in [-0.15, -0.1) is 0 Å². The van der Waals surface area contributed by atoms with Crippen LogP contribution in [0.2, 0.25) is 0 Å². The quantitative estimate of drug-likeness (QED) is 0.365. The van der Waals surface area contributed by atoms with Gasteiger partial charge in [0.2, 0.25) is 0 Å². The fraction of sp³-hybridized carbons (Fsp3) is 1.00. The Kier molecular flexibility index (Phi) is 95.5. The van der Waals surface area contributed by atoms with Crippen LogP contribution in [0.25, 0.3) is 0 Å². The first-order chi connectivity index (χ1) is 13.4. The first kappa shape index (κ1) is 42.4. The van der Waals surface area contributed by atoms with Gasteiger partial charge in [-0.25, -0.2) is 0 Å². The maximum absolute atomic E-state index is 4.83. The molecule has 0 aliphatic heterocycles. The Balaban J connectivity index is -0.0000000525. The molecule has 0 aromatic heterocycles. The van der Waals surface area contributed by atoms with Gasteiger partial charge in [-0.2, -0.15) is 11.8 Å². The van der Waals surface area contributed by atoms with Gasteiger partial charge >= 0.3 is 0 Å². The minimum atomic E-state index is 0.844. The summed E-state index contributed by atoms with van der Waals surface area (Å²) in [6, 6.07) is 0. The maximum atomic E-state index is 4.83. The lowest BCUT2D eigenvalue weighted by molar-refractivity contribution is 0.162. The molecular weight excluding hydrogens is 362 g/mol. The topological polar surface area (TPSA) is 12.5 Å². The number of hydrogen-bond acceptors (Lipinski definition) is 3. The smallest absolute Gasteiger partial charge is 0.0437 e. The zero-order chi connectivity index (χ0) is 23.5. The van der Waals surface area contributed by atoms with Crippen LogP contribution < -0.4 is 0 Å². The van der Waals surface area contributed by atoms with E-state index in [1.807, 2.05) is 25.6 Å². The Morgan fingerprint density at radius 3 is 0.893 bits per heavy atom. The van der Waals surface area contributed by atoms with E-state index < -0.39 is 0 Å². The molecule has 0 saturated heterocycles. The van der Waals surface area contributed by atoms with Crippen LogP contribution in [-0.4, -0.2) is 49.8 Å². The van der Waals surface area contributed by atoms with Crippen LogP contribution in [0.5, 0.6) is 0 Å². The van der Waals surface area contributed by atoms with Gasteiger partial charge < -0.3 is 9.64 Å². The van der Waals surface area contributed by atoms with Gasteiger partial charge in [0, 0.05) is 13.2 Å². The van der Waals surface area contributed by atoms with Crippen molar-refractivity contribution < 1.29 is 4.74 Å². The van der Waals surface area contributed by atoms with Crippen molar-refractivity contribution in [2.75, 3.05) is 44.9 Å². The molecule has 0 spiro atoms. The van der Waals surface area contributed by atoms with E-state index in [9.17, 15) is 0 Å². The Bertz CT molecular complexity index is 131. The van der Waals surface area contributed by atoms with E-state index in [-0.39, 0.29) is 0 Å². The van der Waals surface area contributed by atoms with E-state index in [2.05, 4.69) is 81.2 Å². The number of unbranched alkanes of at least 4 members (excludes halogenated alkanes) is 3. The fourth-order valence-electron chi connectivity index (χ4n) is 0.985. The van der Waals surface area contributed by atoms with E-state index in [0.29, 0.717) is 0 Å². The van der Waals surface area contributed by atoms with Crippen molar-refractivity contribution in [2.24, 2.45) is 0 Å². The fourth-order valence-corrected chi connectivity index (χ4v) is 1.39. The largest absolute Gasteiger partial charge is 0.382 e. The predicted molar refractivity (Wildman–Crippen MR) is 141 cm³/mol. The standard InChI is InChI=1S/C5H13N.C5H12.C4H10O.C4H10S.C4H10.C3H8/c1-4-6(3)5-2;3*1-3-5-4-2;1-3-4-2;1-3-2/h4-5H2,1-3H3;3-5H2,1-2H3;2*3-4H2,1-2H3;3-4H2,1-2H3;3H2,1-2H3. The van der Waals surface area contributed by atoms with Gasteiger partial charge in [-0.1, -0.05) is 108 Å². The van der Waals surface area contributed by atoms with Crippen LogP contribution in [0, 0.1) is 0 Å². The average molecular weight is 426 g/mol. The molecule has 180 valence electrons. The number of ether oxygens (including phenoxy) is 1. The highest BCUT2D eigenvalue weighted by Crippen LogP contribution is 1.93. The molecule has 0 fully saturated rings. The summed E-state index contributed by atoms with van der Waals surface area (Å²) < 4.78 is 4.83. The zero-order valence-electron chi connectivity index (χ0n) is 22.7. The second-order valence-electron chi connectivity index (χ2n) is 6.11. The van der Waals surface area contributed by atoms with Crippen LogP contribution in [0.15, 0.2) is 0 Å². The second kappa shape index (κ2) is 63.1. The number of hydrogen-bond donors (Lipinski definition) is 0. The van der Waals surface area contributed by atoms with E-state index in [1.165, 1.54) is 50.0 Å².